The van der Waals surface area contributed by atoms with Crippen LogP contribution in [0.3, 0.4) is 0 Å². The van der Waals surface area contributed by atoms with Crippen LogP contribution in [0.15, 0.2) is 42.7 Å². The van der Waals surface area contributed by atoms with Crippen LogP contribution in [-0.2, 0) is 6.18 Å². The Hall–Kier alpha value is -3.03. The van der Waals surface area contributed by atoms with E-state index in [1.807, 2.05) is 6.92 Å². The maximum atomic E-state index is 12.7. The highest BCUT2D eigenvalue weighted by atomic mass is 19.4. The third-order valence-electron chi connectivity index (χ3n) is 4.12. The third-order valence-corrected chi connectivity index (χ3v) is 4.12. The fourth-order valence-electron chi connectivity index (χ4n) is 2.62. The number of rotatable bonds is 4. The molecule has 0 amide bonds. The Kier molecular flexibility index (Phi) is 5.07. The van der Waals surface area contributed by atoms with Crippen LogP contribution in [-0.4, -0.2) is 27.0 Å². The summed E-state index contributed by atoms with van der Waals surface area (Å²) in [5, 5.41) is 0. The van der Waals surface area contributed by atoms with Crippen LogP contribution in [0.1, 0.15) is 35.5 Å². The number of aromatic nitrogens is 4. The van der Waals surface area contributed by atoms with Gasteiger partial charge in [0.2, 0.25) is 5.88 Å². The van der Waals surface area contributed by atoms with Gasteiger partial charge < -0.3 is 4.74 Å². The largest absolute Gasteiger partial charge is 0.481 e. The van der Waals surface area contributed by atoms with E-state index in [4.69, 9.17) is 4.74 Å². The van der Waals surface area contributed by atoms with E-state index in [-0.39, 0.29) is 5.92 Å². The Morgan fingerprint density at radius 3 is 2.30 bits per heavy atom. The topological polar surface area (TPSA) is 60.8 Å². The summed E-state index contributed by atoms with van der Waals surface area (Å²) in [7, 11) is 1.51. The molecular formula is C19H17F3N4O. The number of hydrogen-bond acceptors (Lipinski definition) is 5. The summed E-state index contributed by atoms with van der Waals surface area (Å²) in [6.45, 7) is 3.61. The van der Waals surface area contributed by atoms with Crippen molar-refractivity contribution >= 4 is 0 Å². The minimum absolute atomic E-state index is 0.232. The van der Waals surface area contributed by atoms with Gasteiger partial charge in [-0.25, -0.2) is 9.97 Å². The molecular weight excluding hydrogens is 357 g/mol. The smallest absolute Gasteiger partial charge is 0.416 e. The van der Waals surface area contributed by atoms with E-state index in [0.29, 0.717) is 34.3 Å². The Bertz CT molecular complexity index is 942. The molecule has 0 aliphatic heterocycles. The lowest BCUT2D eigenvalue weighted by Gasteiger charge is -2.14. The van der Waals surface area contributed by atoms with E-state index in [0.717, 1.165) is 12.1 Å². The van der Waals surface area contributed by atoms with Gasteiger partial charge in [-0.05, 0) is 24.6 Å². The third kappa shape index (κ3) is 4.21. The fourth-order valence-corrected chi connectivity index (χ4v) is 2.62. The molecule has 3 rings (SSSR count). The van der Waals surface area contributed by atoms with Crippen molar-refractivity contribution in [2.75, 3.05) is 7.11 Å². The highest BCUT2D eigenvalue weighted by Crippen LogP contribution is 2.31. The number of halogens is 3. The second-order valence-electron chi connectivity index (χ2n) is 6.01. The van der Waals surface area contributed by atoms with E-state index >= 15 is 0 Å². The molecule has 3 aromatic rings. The second kappa shape index (κ2) is 7.30. The van der Waals surface area contributed by atoms with Crippen molar-refractivity contribution in [3.8, 4) is 17.3 Å². The number of hydrogen-bond donors (Lipinski definition) is 0. The summed E-state index contributed by atoms with van der Waals surface area (Å²) in [4.78, 5) is 17.3. The van der Waals surface area contributed by atoms with Crippen LogP contribution in [0.2, 0.25) is 0 Å². The first-order chi connectivity index (χ1) is 12.8. The molecule has 0 N–H and O–H groups in total. The van der Waals surface area contributed by atoms with E-state index in [1.165, 1.54) is 19.2 Å². The van der Waals surface area contributed by atoms with E-state index in [1.54, 1.807) is 25.4 Å². The lowest BCUT2D eigenvalue weighted by atomic mass is 9.97. The Balaban J connectivity index is 1.92. The van der Waals surface area contributed by atoms with Crippen LogP contribution in [0.4, 0.5) is 13.2 Å². The molecule has 0 spiro atoms. The molecule has 2 aromatic heterocycles. The Labute approximate surface area is 154 Å². The number of benzene rings is 1. The lowest BCUT2D eigenvalue weighted by molar-refractivity contribution is -0.137. The first kappa shape index (κ1) is 18.8. The van der Waals surface area contributed by atoms with Gasteiger partial charge in [0.05, 0.1) is 30.3 Å². The molecule has 0 bridgehead atoms. The molecule has 0 aliphatic rings. The van der Waals surface area contributed by atoms with Crippen LogP contribution in [0.25, 0.3) is 11.4 Å². The maximum absolute atomic E-state index is 12.7. The molecule has 1 atom stereocenters. The fraction of sp³-hybridized carbons (Fsp3) is 0.263. The molecule has 2 heterocycles. The first-order valence-electron chi connectivity index (χ1n) is 8.17. The number of alkyl halides is 3. The van der Waals surface area contributed by atoms with E-state index < -0.39 is 11.7 Å². The number of nitrogens with zero attached hydrogens (tertiary/aromatic N) is 4. The van der Waals surface area contributed by atoms with E-state index in [9.17, 15) is 13.2 Å². The van der Waals surface area contributed by atoms with Crippen LogP contribution in [0, 0.1) is 6.92 Å². The summed E-state index contributed by atoms with van der Waals surface area (Å²) in [6, 6.07) is 6.71. The van der Waals surface area contributed by atoms with E-state index in [2.05, 4.69) is 19.9 Å². The minimum atomic E-state index is -4.36. The number of aryl methyl sites for hydroxylation is 1. The van der Waals surface area contributed by atoms with Crippen molar-refractivity contribution < 1.29 is 17.9 Å². The monoisotopic (exact) mass is 374 g/mol. The highest BCUT2D eigenvalue weighted by Gasteiger charge is 2.30. The molecule has 140 valence electrons. The maximum Gasteiger partial charge on any atom is 0.416 e. The zero-order valence-corrected chi connectivity index (χ0v) is 14.9. The van der Waals surface area contributed by atoms with Crippen LogP contribution >= 0.6 is 0 Å². The summed E-state index contributed by atoms with van der Waals surface area (Å²) < 4.78 is 43.4. The van der Waals surface area contributed by atoms with Crippen LogP contribution in [0.5, 0.6) is 5.88 Å². The van der Waals surface area contributed by atoms with Crippen molar-refractivity contribution in [1.82, 2.24) is 19.9 Å². The van der Waals surface area contributed by atoms with Gasteiger partial charge in [0.25, 0.3) is 0 Å². The molecule has 0 saturated carbocycles. The first-order valence-corrected chi connectivity index (χ1v) is 8.17. The standard InChI is InChI=1S/C19H17F3N4O/c1-11(13-4-6-14(7-5-13)19(20,21)22)16-9-23-10-17(26-16)15-8-18(27-3)25-12(2)24-15/h4-11H,1-3H3. The summed E-state index contributed by atoms with van der Waals surface area (Å²) in [5.74, 6) is 0.720. The van der Waals surface area contributed by atoms with Gasteiger partial charge in [0, 0.05) is 18.2 Å². The average molecular weight is 374 g/mol. The van der Waals surface area contributed by atoms with Gasteiger partial charge in [-0.1, -0.05) is 19.1 Å². The normalized spacial score (nSPS) is 12.7. The highest BCUT2D eigenvalue weighted by molar-refractivity contribution is 5.54. The van der Waals surface area contributed by atoms with Crippen molar-refractivity contribution in [2.24, 2.45) is 0 Å². The van der Waals surface area contributed by atoms with Crippen molar-refractivity contribution in [3.05, 3.63) is 65.4 Å². The molecule has 1 aromatic carbocycles. The molecule has 5 nitrogen and oxygen atoms in total. The Morgan fingerprint density at radius 1 is 0.963 bits per heavy atom. The quantitative estimate of drug-likeness (QED) is 0.676. The molecule has 27 heavy (non-hydrogen) atoms. The zero-order chi connectivity index (χ0) is 19.6. The predicted octanol–water partition coefficient (Wildman–Crippen LogP) is 4.42. The lowest BCUT2D eigenvalue weighted by Crippen LogP contribution is -2.06. The zero-order valence-electron chi connectivity index (χ0n) is 14.9. The molecule has 0 saturated heterocycles. The predicted molar refractivity (Wildman–Crippen MR) is 93.3 cm³/mol. The van der Waals surface area contributed by atoms with Crippen molar-refractivity contribution in [3.63, 3.8) is 0 Å². The Morgan fingerprint density at radius 2 is 1.67 bits per heavy atom. The minimum Gasteiger partial charge on any atom is -0.481 e. The molecule has 1 unspecified atom stereocenters. The molecule has 8 heteroatoms. The van der Waals surface area contributed by atoms with Gasteiger partial charge in [0.1, 0.15) is 11.5 Å². The SMILES string of the molecule is COc1cc(-c2cncc(C(C)c3ccc(C(F)(F)F)cc3)n2)nc(C)n1. The summed E-state index contributed by atoms with van der Waals surface area (Å²) in [5.41, 5.74) is 1.76. The number of ether oxygens (including phenoxy) is 1. The van der Waals surface area contributed by atoms with Gasteiger partial charge in [-0.3, -0.25) is 4.98 Å². The van der Waals surface area contributed by atoms with Crippen LogP contribution < -0.4 is 4.74 Å². The average Bonchev–Trinajstić information content (AvgIpc) is 2.66. The van der Waals surface area contributed by atoms with Gasteiger partial charge in [-0.2, -0.15) is 18.2 Å². The van der Waals surface area contributed by atoms with Gasteiger partial charge >= 0.3 is 6.18 Å². The number of methoxy groups -OCH3 is 1. The molecule has 0 aliphatic carbocycles. The summed E-state index contributed by atoms with van der Waals surface area (Å²) in [6.07, 6.45) is -1.19. The molecule has 0 fully saturated rings. The van der Waals surface area contributed by atoms with Gasteiger partial charge in [0.15, 0.2) is 0 Å². The van der Waals surface area contributed by atoms with Crippen molar-refractivity contribution in [2.45, 2.75) is 25.9 Å². The van der Waals surface area contributed by atoms with Crippen molar-refractivity contribution in [1.29, 1.82) is 0 Å². The summed E-state index contributed by atoms with van der Waals surface area (Å²) >= 11 is 0. The molecule has 0 radical (unpaired) electrons. The van der Waals surface area contributed by atoms with Gasteiger partial charge in [-0.15, -0.1) is 0 Å². The second-order valence-corrected chi connectivity index (χ2v) is 6.01.